The molecule has 1 fully saturated rings. The van der Waals surface area contributed by atoms with Crippen LogP contribution in [0.4, 0.5) is 5.69 Å². The molecule has 1 aliphatic heterocycles. The number of aromatic nitrogens is 1. The lowest BCUT2D eigenvalue weighted by Gasteiger charge is -2.22. The van der Waals surface area contributed by atoms with Crippen molar-refractivity contribution < 1.29 is 4.74 Å². The average molecular weight is 398 g/mol. The van der Waals surface area contributed by atoms with Crippen LogP contribution >= 0.6 is 0 Å². The van der Waals surface area contributed by atoms with Crippen molar-refractivity contribution in [3.63, 3.8) is 0 Å². The van der Waals surface area contributed by atoms with E-state index < -0.39 is 0 Å². The lowest BCUT2D eigenvalue weighted by Crippen LogP contribution is -2.44. The van der Waals surface area contributed by atoms with Gasteiger partial charge in [0, 0.05) is 51.5 Å². The maximum atomic E-state index is 11.7. The molecule has 3 rings (SSSR count). The van der Waals surface area contributed by atoms with E-state index in [-0.39, 0.29) is 5.56 Å². The quantitative estimate of drug-likeness (QED) is 0.405. The van der Waals surface area contributed by atoms with Gasteiger partial charge < -0.3 is 24.8 Å². The van der Waals surface area contributed by atoms with Crippen LogP contribution in [0.25, 0.3) is 0 Å². The predicted octanol–water partition coefficient (Wildman–Crippen LogP) is 2.08. The highest BCUT2D eigenvalue weighted by molar-refractivity contribution is 5.80. The number of methoxy groups -OCH3 is 1. The number of anilines is 1. The third-order valence-corrected chi connectivity index (χ3v) is 5.20. The summed E-state index contributed by atoms with van der Waals surface area (Å²) in [5.41, 5.74) is 1.19. The van der Waals surface area contributed by atoms with Gasteiger partial charge in [-0.2, -0.15) is 0 Å². The number of para-hydroxylation sites is 2. The van der Waals surface area contributed by atoms with Crippen LogP contribution in [0, 0.1) is 0 Å². The predicted molar refractivity (Wildman–Crippen MR) is 118 cm³/mol. The van der Waals surface area contributed by atoms with Gasteiger partial charge in [-0.05, 0) is 37.5 Å². The Labute approximate surface area is 172 Å². The Hall–Kier alpha value is -2.96. The SMILES string of the molecule is CN=C(NCCCCn1ccccc1=O)NC1CCN(c2ccccc2OC)C1. The number of guanidine groups is 1. The van der Waals surface area contributed by atoms with E-state index in [0.29, 0.717) is 6.04 Å². The van der Waals surface area contributed by atoms with E-state index in [0.717, 1.165) is 62.8 Å². The molecule has 1 unspecified atom stereocenters. The molecule has 0 saturated carbocycles. The molecule has 1 aromatic carbocycles. The molecule has 1 saturated heterocycles. The third-order valence-electron chi connectivity index (χ3n) is 5.20. The molecular formula is C22H31N5O2. The molecule has 7 nitrogen and oxygen atoms in total. The first-order valence-electron chi connectivity index (χ1n) is 10.2. The summed E-state index contributed by atoms with van der Waals surface area (Å²) >= 11 is 0. The molecule has 2 aromatic rings. The molecule has 1 atom stereocenters. The number of unbranched alkanes of at least 4 members (excludes halogenated alkanes) is 1. The van der Waals surface area contributed by atoms with E-state index in [2.05, 4.69) is 26.6 Å². The van der Waals surface area contributed by atoms with E-state index in [1.54, 1.807) is 30.9 Å². The van der Waals surface area contributed by atoms with Gasteiger partial charge in [0.2, 0.25) is 5.56 Å². The first kappa shape index (κ1) is 20.8. The highest BCUT2D eigenvalue weighted by atomic mass is 16.5. The highest BCUT2D eigenvalue weighted by Crippen LogP contribution is 2.30. The molecule has 156 valence electrons. The summed E-state index contributed by atoms with van der Waals surface area (Å²) in [6.07, 6.45) is 4.80. The standard InChI is InChI=1S/C22H31N5O2/c1-23-22(24-13-6-8-15-26-14-7-5-11-21(26)28)25-18-12-16-27(17-18)19-9-3-4-10-20(19)29-2/h3-5,7,9-11,14,18H,6,8,12-13,15-17H2,1-2H3,(H2,23,24,25). The molecule has 0 radical (unpaired) electrons. The maximum absolute atomic E-state index is 11.7. The van der Waals surface area contributed by atoms with Crippen molar-refractivity contribution in [2.45, 2.75) is 31.8 Å². The van der Waals surface area contributed by atoms with Crippen molar-refractivity contribution in [3.8, 4) is 5.75 Å². The Balaban J connectivity index is 1.40. The van der Waals surface area contributed by atoms with E-state index in [1.165, 1.54) is 0 Å². The fraction of sp³-hybridized carbons (Fsp3) is 0.455. The van der Waals surface area contributed by atoms with E-state index in [4.69, 9.17) is 4.74 Å². The maximum Gasteiger partial charge on any atom is 0.250 e. The molecule has 7 heteroatoms. The Morgan fingerprint density at radius 3 is 2.83 bits per heavy atom. The number of pyridine rings is 1. The van der Waals surface area contributed by atoms with E-state index in [1.807, 2.05) is 30.5 Å². The van der Waals surface area contributed by atoms with Crippen molar-refractivity contribution in [2.24, 2.45) is 4.99 Å². The molecule has 2 N–H and O–H groups in total. The van der Waals surface area contributed by atoms with Gasteiger partial charge in [0.25, 0.3) is 0 Å². The van der Waals surface area contributed by atoms with E-state index in [9.17, 15) is 4.79 Å². The van der Waals surface area contributed by atoms with Crippen LogP contribution in [0.15, 0.2) is 58.4 Å². The number of ether oxygens (including phenoxy) is 1. The van der Waals surface area contributed by atoms with Crippen molar-refractivity contribution in [1.29, 1.82) is 0 Å². The molecule has 1 aromatic heterocycles. The van der Waals surface area contributed by atoms with Gasteiger partial charge in [0.1, 0.15) is 5.75 Å². The van der Waals surface area contributed by atoms with E-state index >= 15 is 0 Å². The van der Waals surface area contributed by atoms with Crippen molar-refractivity contribution in [2.75, 3.05) is 38.7 Å². The zero-order valence-corrected chi connectivity index (χ0v) is 17.3. The minimum absolute atomic E-state index is 0.0544. The molecule has 0 bridgehead atoms. The molecule has 1 aliphatic rings. The summed E-state index contributed by atoms with van der Waals surface area (Å²) in [6.45, 7) is 3.47. The van der Waals surface area contributed by atoms with Crippen molar-refractivity contribution >= 4 is 11.6 Å². The molecular weight excluding hydrogens is 366 g/mol. The number of aryl methyl sites for hydroxylation is 1. The second-order valence-corrected chi connectivity index (χ2v) is 7.19. The van der Waals surface area contributed by atoms with Crippen LogP contribution in [0.2, 0.25) is 0 Å². The zero-order chi connectivity index (χ0) is 20.5. The van der Waals surface area contributed by atoms with Crippen molar-refractivity contribution in [3.05, 3.63) is 59.0 Å². The number of benzene rings is 1. The summed E-state index contributed by atoms with van der Waals surface area (Å²) < 4.78 is 7.24. The summed E-state index contributed by atoms with van der Waals surface area (Å²) in [5, 5.41) is 6.90. The Bertz CT molecular complexity index is 864. The lowest BCUT2D eigenvalue weighted by atomic mass is 10.2. The average Bonchev–Trinajstić information content (AvgIpc) is 3.22. The number of nitrogens with zero attached hydrogens (tertiary/aromatic N) is 3. The number of hydrogen-bond acceptors (Lipinski definition) is 4. The third kappa shape index (κ3) is 5.76. The lowest BCUT2D eigenvalue weighted by molar-refractivity contribution is 0.415. The zero-order valence-electron chi connectivity index (χ0n) is 17.3. The van der Waals surface area contributed by atoms with Crippen LogP contribution in [0.1, 0.15) is 19.3 Å². The van der Waals surface area contributed by atoms with Gasteiger partial charge in [0.15, 0.2) is 5.96 Å². The molecule has 29 heavy (non-hydrogen) atoms. The van der Waals surface area contributed by atoms with Gasteiger partial charge in [-0.3, -0.25) is 9.79 Å². The smallest absolute Gasteiger partial charge is 0.250 e. The second-order valence-electron chi connectivity index (χ2n) is 7.19. The van der Waals surface area contributed by atoms with Crippen LogP contribution in [0.5, 0.6) is 5.75 Å². The first-order chi connectivity index (χ1) is 14.2. The number of aliphatic imine (C=N–C) groups is 1. The van der Waals surface area contributed by atoms with Gasteiger partial charge in [0.05, 0.1) is 12.8 Å². The largest absolute Gasteiger partial charge is 0.495 e. The monoisotopic (exact) mass is 397 g/mol. The van der Waals surface area contributed by atoms with Crippen LogP contribution in [0.3, 0.4) is 0 Å². The summed E-state index contributed by atoms with van der Waals surface area (Å²) in [7, 11) is 3.51. The number of hydrogen-bond donors (Lipinski definition) is 2. The minimum atomic E-state index is 0.0544. The van der Waals surface area contributed by atoms with Crippen LogP contribution < -0.4 is 25.8 Å². The van der Waals surface area contributed by atoms with Crippen molar-refractivity contribution in [1.82, 2.24) is 15.2 Å². The number of rotatable bonds is 8. The van der Waals surface area contributed by atoms with Gasteiger partial charge >= 0.3 is 0 Å². The summed E-state index contributed by atoms with van der Waals surface area (Å²) in [6, 6.07) is 13.7. The highest BCUT2D eigenvalue weighted by Gasteiger charge is 2.25. The summed E-state index contributed by atoms with van der Waals surface area (Å²) in [5.74, 6) is 1.74. The van der Waals surface area contributed by atoms with Gasteiger partial charge in [-0.15, -0.1) is 0 Å². The fourth-order valence-corrected chi connectivity index (χ4v) is 3.64. The van der Waals surface area contributed by atoms with Crippen LogP contribution in [-0.2, 0) is 6.54 Å². The second kappa shape index (κ2) is 10.5. The Morgan fingerprint density at radius 2 is 2.03 bits per heavy atom. The first-order valence-corrected chi connectivity index (χ1v) is 10.2. The van der Waals surface area contributed by atoms with Crippen LogP contribution in [-0.4, -0.2) is 50.4 Å². The topological polar surface area (TPSA) is 70.9 Å². The molecule has 0 spiro atoms. The molecule has 0 amide bonds. The van der Waals surface area contributed by atoms with Gasteiger partial charge in [-0.1, -0.05) is 18.2 Å². The van der Waals surface area contributed by atoms with Gasteiger partial charge in [-0.25, -0.2) is 0 Å². The normalized spacial score (nSPS) is 16.7. The molecule has 2 heterocycles. The Morgan fingerprint density at radius 1 is 1.21 bits per heavy atom. The molecule has 0 aliphatic carbocycles. The number of nitrogens with one attached hydrogen (secondary N) is 2. The minimum Gasteiger partial charge on any atom is -0.495 e. The summed E-state index contributed by atoms with van der Waals surface area (Å²) in [4.78, 5) is 18.4. The Kier molecular flexibility index (Phi) is 7.55. The fourth-order valence-electron chi connectivity index (χ4n) is 3.64.